The van der Waals surface area contributed by atoms with Crippen LogP contribution in [0.2, 0.25) is 0 Å². The van der Waals surface area contributed by atoms with Gasteiger partial charge in [-0.2, -0.15) is 4.39 Å². The van der Waals surface area contributed by atoms with Gasteiger partial charge in [-0.3, -0.25) is 4.57 Å². The average Bonchev–Trinajstić information content (AvgIpc) is 3.00. The van der Waals surface area contributed by atoms with Crippen LogP contribution in [-0.2, 0) is 17.8 Å². The quantitative estimate of drug-likeness (QED) is 0.788. The fourth-order valence-electron chi connectivity index (χ4n) is 3.44. The predicted molar refractivity (Wildman–Crippen MR) is 101 cm³/mol. The van der Waals surface area contributed by atoms with E-state index in [4.69, 9.17) is 4.74 Å². The molecule has 0 atom stereocenters. The highest BCUT2D eigenvalue weighted by Crippen LogP contribution is 2.33. The lowest BCUT2D eigenvalue weighted by Crippen LogP contribution is -2.08. The van der Waals surface area contributed by atoms with Crippen molar-refractivity contribution >= 4 is 5.70 Å². The Labute approximate surface area is 157 Å². The largest absolute Gasteiger partial charge is 0.501 e. The van der Waals surface area contributed by atoms with Gasteiger partial charge in [0.2, 0.25) is 5.95 Å². The Morgan fingerprint density at radius 3 is 2.63 bits per heavy atom. The number of aromatic nitrogens is 2. The molecule has 4 nitrogen and oxygen atoms in total. The second-order valence-corrected chi connectivity index (χ2v) is 6.67. The zero-order valence-electron chi connectivity index (χ0n) is 15.9. The van der Waals surface area contributed by atoms with Crippen LogP contribution in [0, 0.1) is 11.8 Å². The maximum Gasteiger partial charge on any atom is 0.223 e. The number of nitrogens with zero attached hydrogens (tertiary/aromatic N) is 2. The maximum atomic E-state index is 14.9. The van der Waals surface area contributed by atoms with Gasteiger partial charge in [0.1, 0.15) is 17.3 Å². The molecule has 6 heteroatoms. The molecule has 1 aromatic heterocycles. The highest BCUT2D eigenvalue weighted by molar-refractivity contribution is 5.66. The molecular formula is C21H24F2N2O2. The van der Waals surface area contributed by atoms with Crippen molar-refractivity contribution in [3.8, 4) is 11.4 Å². The van der Waals surface area contributed by atoms with Gasteiger partial charge in [0.05, 0.1) is 19.5 Å². The van der Waals surface area contributed by atoms with Crippen LogP contribution in [0.5, 0.6) is 0 Å². The maximum absolute atomic E-state index is 14.9. The number of imidazole rings is 1. The van der Waals surface area contributed by atoms with E-state index in [0.29, 0.717) is 41.9 Å². The van der Waals surface area contributed by atoms with Crippen LogP contribution >= 0.6 is 0 Å². The van der Waals surface area contributed by atoms with Gasteiger partial charge in [0, 0.05) is 17.7 Å². The Morgan fingerprint density at radius 1 is 1.26 bits per heavy atom. The third-order valence-corrected chi connectivity index (χ3v) is 4.83. The number of rotatable bonds is 6. The molecule has 1 heterocycles. The summed E-state index contributed by atoms with van der Waals surface area (Å²) in [5.41, 5.74) is 2.66. The van der Waals surface area contributed by atoms with Crippen molar-refractivity contribution in [3.05, 3.63) is 58.6 Å². The molecule has 0 fully saturated rings. The first-order chi connectivity index (χ1) is 13.0. The van der Waals surface area contributed by atoms with Crippen molar-refractivity contribution < 1.29 is 18.6 Å². The number of benzene rings is 1. The standard InChI is InChI=1S/C21H24F2N2O2/c1-4-5-14-6-7-15(11-17(14)22)21-24-18(12-26)20(23)25(21)16-8-9-19(27-3)13(2)10-16/h6-7,10-11,26H,4-5,8-9,12H2,1-3H3. The Bertz CT molecular complexity index is 913. The van der Waals surface area contributed by atoms with Gasteiger partial charge >= 0.3 is 0 Å². The lowest BCUT2D eigenvalue weighted by molar-refractivity contribution is 0.269. The molecule has 144 valence electrons. The van der Waals surface area contributed by atoms with E-state index in [1.807, 2.05) is 19.9 Å². The SMILES string of the molecule is CCCc1ccc(-c2nc(CO)c(F)n2C2=CC(C)=C(OC)CC2)cc1F. The molecule has 1 N–H and O–H groups in total. The Kier molecular flexibility index (Phi) is 5.75. The number of aliphatic hydroxyl groups excluding tert-OH is 1. The topological polar surface area (TPSA) is 47.3 Å². The normalized spacial score (nSPS) is 14.5. The fourth-order valence-corrected chi connectivity index (χ4v) is 3.44. The minimum Gasteiger partial charge on any atom is -0.501 e. The molecule has 0 saturated heterocycles. The van der Waals surface area contributed by atoms with Gasteiger partial charge in [-0.05, 0) is 43.0 Å². The van der Waals surface area contributed by atoms with Crippen LogP contribution in [0.15, 0.2) is 35.6 Å². The molecule has 0 radical (unpaired) electrons. The molecular weight excluding hydrogens is 350 g/mol. The minimum atomic E-state index is -0.620. The molecule has 1 aliphatic carbocycles. The van der Waals surface area contributed by atoms with Crippen molar-refractivity contribution in [2.75, 3.05) is 7.11 Å². The Balaban J connectivity index is 2.13. The van der Waals surface area contributed by atoms with E-state index < -0.39 is 12.6 Å². The summed E-state index contributed by atoms with van der Waals surface area (Å²) in [6, 6.07) is 4.85. The number of methoxy groups -OCH3 is 1. The molecule has 0 amide bonds. The first-order valence-corrected chi connectivity index (χ1v) is 9.11. The van der Waals surface area contributed by atoms with Crippen LogP contribution in [-0.4, -0.2) is 21.8 Å². The number of aliphatic hydroxyl groups is 1. The van der Waals surface area contributed by atoms with Crippen molar-refractivity contribution in [2.24, 2.45) is 0 Å². The summed E-state index contributed by atoms with van der Waals surface area (Å²) in [5.74, 6) is 0.201. The highest BCUT2D eigenvalue weighted by atomic mass is 19.1. The molecule has 2 aromatic rings. The first-order valence-electron chi connectivity index (χ1n) is 9.11. The first kappa shape index (κ1) is 19.3. The summed E-state index contributed by atoms with van der Waals surface area (Å²) in [6.07, 6.45) is 4.53. The predicted octanol–water partition coefficient (Wildman–Crippen LogP) is 4.83. The van der Waals surface area contributed by atoms with Gasteiger partial charge in [0.15, 0.2) is 0 Å². The molecule has 1 aromatic carbocycles. The van der Waals surface area contributed by atoms with E-state index in [1.54, 1.807) is 19.2 Å². The van der Waals surface area contributed by atoms with Crippen LogP contribution in [0.3, 0.4) is 0 Å². The summed E-state index contributed by atoms with van der Waals surface area (Å²) >= 11 is 0. The van der Waals surface area contributed by atoms with Gasteiger partial charge in [-0.1, -0.05) is 25.5 Å². The lowest BCUT2D eigenvalue weighted by Gasteiger charge is -2.20. The summed E-state index contributed by atoms with van der Waals surface area (Å²) < 4.78 is 36.1. The zero-order chi connectivity index (χ0) is 19.6. The molecule has 0 bridgehead atoms. The third kappa shape index (κ3) is 3.67. The van der Waals surface area contributed by atoms with E-state index in [1.165, 1.54) is 10.6 Å². The summed E-state index contributed by atoms with van der Waals surface area (Å²) in [5, 5.41) is 9.46. The van der Waals surface area contributed by atoms with Gasteiger partial charge in [0.25, 0.3) is 0 Å². The van der Waals surface area contributed by atoms with E-state index in [9.17, 15) is 13.9 Å². The molecule has 0 aliphatic heterocycles. The molecule has 0 unspecified atom stereocenters. The number of aryl methyl sites for hydroxylation is 1. The minimum absolute atomic E-state index is 0.0527. The molecule has 1 aliphatic rings. The average molecular weight is 374 g/mol. The van der Waals surface area contributed by atoms with Gasteiger partial charge in [-0.15, -0.1) is 0 Å². The van der Waals surface area contributed by atoms with Crippen LogP contribution < -0.4 is 0 Å². The van der Waals surface area contributed by atoms with Gasteiger partial charge in [-0.25, -0.2) is 9.37 Å². The van der Waals surface area contributed by atoms with Crippen LogP contribution in [0.4, 0.5) is 8.78 Å². The number of allylic oxidation sites excluding steroid dienone is 4. The summed E-state index contributed by atoms with van der Waals surface area (Å²) in [6.45, 7) is 3.37. The van der Waals surface area contributed by atoms with E-state index in [0.717, 1.165) is 17.8 Å². The molecule has 0 spiro atoms. The molecule has 0 saturated carbocycles. The third-order valence-electron chi connectivity index (χ3n) is 4.83. The Morgan fingerprint density at radius 2 is 2.04 bits per heavy atom. The number of hydrogen-bond acceptors (Lipinski definition) is 3. The van der Waals surface area contributed by atoms with Crippen molar-refractivity contribution in [3.63, 3.8) is 0 Å². The van der Waals surface area contributed by atoms with Crippen LogP contribution in [0.1, 0.15) is 44.4 Å². The van der Waals surface area contributed by atoms with Crippen molar-refractivity contribution in [1.29, 1.82) is 0 Å². The summed E-state index contributed by atoms with van der Waals surface area (Å²) in [7, 11) is 1.62. The molecule has 27 heavy (non-hydrogen) atoms. The monoisotopic (exact) mass is 374 g/mol. The summed E-state index contributed by atoms with van der Waals surface area (Å²) in [4.78, 5) is 4.24. The zero-order valence-corrected chi connectivity index (χ0v) is 15.9. The van der Waals surface area contributed by atoms with Crippen molar-refractivity contribution in [2.45, 2.75) is 46.1 Å². The fraction of sp³-hybridized carbons (Fsp3) is 0.381. The second-order valence-electron chi connectivity index (χ2n) is 6.67. The van der Waals surface area contributed by atoms with E-state index in [-0.39, 0.29) is 11.5 Å². The van der Waals surface area contributed by atoms with Crippen LogP contribution in [0.25, 0.3) is 17.1 Å². The number of hydrogen-bond donors (Lipinski definition) is 1. The van der Waals surface area contributed by atoms with Gasteiger partial charge < -0.3 is 9.84 Å². The highest BCUT2D eigenvalue weighted by Gasteiger charge is 2.23. The number of halogens is 2. The smallest absolute Gasteiger partial charge is 0.223 e. The number of ether oxygens (including phenoxy) is 1. The molecule has 3 rings (SSSR count). The van der Waals surface area contributed by atoms with E-state index in [2.05, 4.69) is 4.98 Å². The second kappa shape index (κ2) is 8.05. The Hall–Kier alpha value is -2.47. The lowest BCUT2D eigenvalue weighted by atomic mass is 10.0. The van der Waals surface area contributed by atoms with E-state index >= 15 is 0 Å². The van der Waals surface area contributed by atoms with Crippen molar-refractivity contribution in [1.82, 2.24) is 9.55 Å².